The zero-order valence-corrected chi connectivity index (χ0v) is 14.4. The molecule has 0 N–H and O–H groups in total. The first-order valence-electron chi connectivity index (χ1n) is 7.15. The summed E-state index contributed by atoms with van der Waals surface area (Å²) in [6.45, 7) is 0.212. The molecule has 1 aromatic carbocycles. The van der Waals surface area contributed by atoms with Gasteiger partial charge in [-0.2, -0.15) is 0 Å². The molecule has 0 saturated carbocycles. The Morgan fingerprint density at radius 3 is 2.52 bits per heavy atom. The Labute approximate surface area is 143 Å². The number of carbonyl (C=O) groups excluding carboxylic acids is 2. The Morgan fingerprint density at radius 1 is 1.22 bits per heavy atom. The second kappa shape index (κ2) is 8.53. The number of esters is 1. The fraction of sp³-hybridized carbons (Fsp3) is 0.294. The molecule has 0 aliphatic carbocycles. The van der Waals surface area contributed by atoms with Crippen molar-refractivity contribution in [1.29, 1.82) is 0 Å². The van der Waals surface area contributed by atoms with Crippen LogP contribution in [-0.4, -0.2) is 35.3 Å². The van der Waals surface area contributed by atoms with Crippen molar-refractivity contribution in [2.45, 2.75) is 19.0 Å². The van der Waals surface area contributed by atoms with Crippen LogP contribution >= 0.6 is 15.9 Å². The second-order valence-corrected chi connectivity index (χ2v) is 5.52. The average molecular weight is 380 g/mol. The third kappa shape index (κ3) is 4.69. The molecule has 0 radical (unpaired) electrons. The van der Waals surface area contributed by atoms with Crippen molar-refractivity contribution in [2.75, 3.05) is 12.4 Å². The minimum Gasteiger partial charge on any atom is -0.467 e. The Hall–Kier alpha value is -2.08. The van der Waals surface area contributed by atoms with Crippen LogP contribution in [0.4, 0.5) is 0 Å². The SMILES string of the molecule is COC(=O)[C@H](Cc1ccccc1)N(Cc1ccco1)C(=O)CBr. The molecule has 1 atom stereocenters. The van der Waals surface area contributed by atoms with Crippen molar-refractivity contribution in [1.82, 2.24) is 4.90 Å². The van der Waals surface area contributed by atoms with Crippen molar-refractivity contribution in [3.63, 3.8) is 0 Å². The summed E-state index contributed by atoms with van der Waals surface area (Å²) in [6.07, 6.45) is 1.92. The zero-order valence-electron chi connectivity index (χ0n) is 12.8. The van der Waals surface area contributed by atoms with Crippen molar-refractivity contribution >= 4 is 27.8 Å². The first kappa shape index (κ1) is 17.3. The van der Waals surface area contributed by atoms with Crippen LogP contribution in [0.15, 0.2) is 53.1 Å². The maximum absolute atomic E-state index is 12.3. The molecule has 0 aliphatic heterocycles. The van der Waals surface area contributed by atoms with E-state index >= 15 is 0 Å². The molecular weight excluding hydrogens is 362 g/mol. The Bertz CT molecular complexity index is 627. The summed E-state index contributed by atoms with van der Waals surface area (Å²) < 4.78 is 10.2. The quantitative estimate of drug-likeness (QED) is 0.548. The number of rotatable bonds is 7. The van der Waals surface area contributed by atoms with Gasteiger partial charge in [0.2, 0.25) is 5.91 Å². The molecule has 2 rings (SSSR count). The van der Waals surface area contributed by atoms with E-state index < -0.39 is 12.0 Å². The normalized spacial score (nSPS) is 11.7. The van der Waals surface area contributed by atoms with Crippen molar-refractivity contribution in [3.8, 4) is 0 Å². The molecule has 0 aliphatic rings. The number of carbonyl (C=O) groups is 2. The summed E-state index contributed by atoms with van der Waals surface area (Å²) in [5, 5.41) is 0.121. The summed E-state index contributed by atoms with van der Waals surface area (Å²) in [6, 6.07) is 12.3. The van der Waals surface area contributed by atoms with Gasteiger partial charge >= 0.3 is 5.97 Å². The van der Waals surface area contributed by atoms with Crippen LogP contribution in [0.5, 0.6) is 0 Å². The Balaban J connectivity index is 2.27. The van der Waals surface area contributed by atoms with Gasteiger partial charge < -0.3 is 14.1 Å². The fourth-order valence-electron chi connectivity index (χ4n) is 2.31. The van der Waals surface area contributed by atoms with Gasteiger partial charge in [-0.1, -0.05) is 46.3 Å². The van der Waals surface area contributed by atoms with Crippen LogP contribution in [0, 0.1) is 0 Å². The van der Waals surface area contributed by atoms with Crippen LogP contribution in [0.25, 0.3) is 0 Å². The highest BCUT2D eigenvalue weighted by molar-refractivity contribution is 9.09. The van der Waals surface area contributed by atoms with Gasteiger partial charge in [0.25, 0.3) is 0 Å². The number of benzene rings is 1. The van der Waals surface area contributed by atoms with Crippen molar-refractivity contribution in [3.05, 3.63) is 60.1 Å². The van der Waals surface area contributed by atoms with E-state index in [4.69, 9.17) is 9.15 Å². The van der Waals surface area contributed by atoms with E-state index in [2.05, 4.69) is 15.9 Å². The number of nitrogens with zero attached hydrogens (tertiary/aromatic N) is 1. The van der Waals surface area contributed by atoms with Gasteiger partial charge in [0, 0.05) is 6.42 Å². The van der Waals surface area contributed by atoms with Gasteiger partial charge in [-0.15, -0.1) is 0 Å². The maximum Gasteiger partial charge on any atom is 0.328 e. The molecule has 1 amide bonds. The number of amides is 1. The van der Waals surface area contributed by atoms with Gasteiger partial charge in [-0.3, -0.25) is 4.79 Å². The summed E-state index contributed by atoms with van der Waals surface area (Å²) in [4.78, 5) is 26.0. The third-order valence-corrected chi connectivity index (χ3v) is 3.94. The lowest BCUT2D eigenvalue weighted by atomic mass is 10.0. The number of hydrogen-bond donors (Lipinski definition) is 0. The van der Waals surface area contributed by atoms with Crippen LogP contribution < -0.4 is 0 Å². The molecule has 1 aromatic heterocycles. The van der Waals surface area contributed by atoms with E-state index in [9.17, 15) is 9.59 Å². The average Bonchev–Trinajstić information content (AvgIpc) is 3.10. The lowest BCUT2D eigenvalue weighted by molar-refractivity contribution is -0.152. The first-order valence-corrected chi connectivity index (χ1v) is 8.27. The molecular formula is C17H18BrNO4. The highest BCUT2D eigenvalue weighted by Crippen LogP contribution is 2.16. The van der Waals surface area contributed by atoms with E-state index in [1.807, 2.05) is 30.3 Å². The molecule has 2 aromatic rings. The number of halogens is 1. The molecule has 0 fully saturated rings. The molecule has 5 nitrogen and oxygen atoms in total. The van der Waals surface area contributed by atoms with E-state index in [1.54, 1.807) is 12.1 Å². The molecule has 1 heterocycles. The summed E-state index contributed by atoms with van der Waals surface area (Å²) in [7, 11) is 1.32. The lowest BCUT2D eigenvalue weighted by Crippen LogP contribution is -2.47. The highest BCUT2D eigenvalue weighted by atomic mass is 79.9. The maximum atomic E-state index is 12.3. The predicted molar refractivity (Wildman–Crippen MR) is 89.0 cm³/mol. The number of alkyl halides is 1. The van der Waals surface area contributed by atoms with Gasteiger partial charge in [-0.25, -0.2) is 4.79 Å². The predicted octanol–water partition coefficient (Wildman–Crippen LogP) is 2.79. The third-order valence-electron chi connectivity index (χ3n) is 3.46. The van der Waals surface area contributed by atoms with E-state index in [-0.39, 0.29) is 17.8 Å². The molecule has 23 heavy (non-hydrogen) atoms. The number of furan rings is 1. The van der Waals surface area contributed by atoms with Gasteiger partial charge in [0.05, 0.1) is 25.2 Å². The largest absolute Gasteiger partial charge is 0.467 e. The van der Waals surface area contributed by atoms with E-state index in [0.29, 0.717) is 12.2 Å². The van der Waals surface area contributed by atoms with Crippen LogP contribution in [0.2, 0.25) is 0 Å². The van der Waals surface area contributed by atoms with Crippen molar-refractivity contribution in [2.24, 2.45) is 0 Å². The monoisotopic (exact) mass is 379 g/mol. The molecule has 122 valence electrons. The van der Waals surface area contributed by atoms with E-state index in [1.165, 1.54) is 18.3 Å². The minimum absolute atomic E-state index is 0.121. The standard InChI is InChI=1S/C17H18BrNO4/c1-22-17(21)15(10-13-6-3-2-4-7-13)19(16(20)11-18)12-14-8-5-9-23-14/h2-9,15H,10-12H2,1H3/t15-/m0/s1. The first-order chi connectivity index (χ1) is 11.2. The molecule has 0 unspecified atom stereocenters. The lowest BCUT2D eigenvalue weighted by Gasteiger charge is -2.29. The zero-order chi connectivity index (χ0) is 16.7. The van der Waals surface area contributed by atoms with E-state index in [0.717, 1.165) is 5.56 Å². The molecule has 0 bridgehead atoms. The number of hydrogen-bond acceptors (Lipinski definition) is 4. The highest BCUT2D eigenvalue weighted by Gasteiger charge is 2.31. The summed E-state index contributed by atoms with van der Waals surface area (Å²) >= 11 is 3.17. The van der Waals surface area contributed by atoms with Crippen LogP contribution in [0.3, 0.4) is 0 Å². The van der Waals surface area contributed by atoms with Gasteiger partial charge in [0.1, 0.15) is 11.8 Å². The molecule has 0 spiro atoms. The number of ether oxygens (including phenoxy) is 1. The summed E-state index contributed by atoms with van der Waals surface area (Å²) in [5.74, 6) is -0.0382. The van der Waals surface area contributed by atoms with Gasteiger partial charge in [-0.05, 0) is 17.7 Å². The second-order valence-electron chi connectivity index (χ2n) is 4.96. The van der Waals surface area contributed by atoms with Gasteiger partial charge in [0.15, 0.2) is 0 Å². The van der Waals surface area contributed by atoms with Crippen LogP contribution in [-0.2, 0) is 27.3 Å². The fourth-order valence-corrected chi connectivity index (χ4v) is 2.64. The van der Waals surface area contributed by atoms with Crippen LogP contribution in [0.1, 0.15) is 11.3 Å². The number of methoxy groups -OCH3 is 1. The Kier molecular flexibility index (Phi) is 6.40. The smallest absolute Gasteiger partial charge is 0.328 e. The molecule has 6 heteroatoms. The minimum atomic E-state index is -0.711. The molecule has 0 saturated heterocycles. The summed E-state index contributed by atoms with van der Waals surface area (Å²) in [5.41, 5.74) is 0.953. The topological polar surface area (TPSA) is 59.8 Å². The van der Waals surface area contributed by atoms with Crippen molar-refractivity contribution < 1.29 is 18.7 Å². The Morgan fingerprint density at radius 2 is 1.96 bits per heavy atom.